The molecule has 3 aromatic carbocycles. The van der Waals surface area contributed by atoms with Gasteiger partial charge in [0.25, 0.3) is 0 Å². The first kappa shape index (κ1) is 28.3. The van der Waals surface area contributed by atoms with E-state index in [0.717, 1.165) is 35.8 Å². The number of halogens is 4. The van der Waals surface area contributed by atoms with Gasteiger partial charge >= 0.3 is 0 Å². The van der Waals surface area contributed by atoms with E-state index >= 15 is 0 Å². The summed E-state index contributed by atoms with van der Waals surface area (Å²) in [6, 6.07) is 28.1. The molecular formula is C32H28Cl4N4+2. The maximum absolute atomic E-state index is 6.18. The Kier molecular flexibility index (Phi) is 8.82. The molecule has 0 saturated heterocycles. The van der Waals surface area contributed by atoms with E-state index in [1.807, 2.05) is 38.4 Å². The van der Waals surface area contributed by atoms with Crippen LogP contribution in [-0.4, -0.2) is 14.1 Å². The molecular weight excluding hydrogens is 582 g/mol. The van der Waals surface area contributed by atoms with Crippen LogP contribution in [0.3, 0.4) is 0 Å². The van der Waals surface area contributed by atoms with E-state index in [0.29, 0.717) is 20.1 Å². The zero-order valence-corrected chi connectivity index (χ0v) is 25.1. The number of aromatic nitrogens is 2. The Bertz CT molecular complexity index is 1440. The molecule has 0 amide bonds. The molecule has 0 bridgehead atoms. The van der Waals surface area contributed by atoms with Crippen molar-refractivity contribution in [3.63, 3.8) is 0 Å². The van der Waals surface area contributed by atoms with Crippen molar-refractivity contribution in [2.45, 2.75) is 13.1 Å². The Hall–Kier alpha value is -3.28. The summed E-state index contributed by atoms with van der Waals surface area (Å²) in [6.07, 6.45) is 8.32. The molecule has 0 fully saturated rings. The van der Waals surface area contributed by atoms with Crippen molar-refractivity contribution in [2.24, 2.45) is 0 Å². The maximum Gasteiger partial charge on any atom is 0.173 e. The van der Waals surface area contributed by atoms with Crippen LogP contribution in [0.5, 0.6) is 0 Å². The lowest BCUT2D eigenvalue weighted by atomic mass is 10.1. The number of anilines is 4. The first-order valence-corrected chi connectivity index (χ1v) is 14.2. The van der Waals surface area contributed by atoms with Crippen LogP contribution in [0.25, 0.3) is 0 Å². The largest absolute Gasteiger partial charge is 0.344 e. The minimum absolute atomic E-state index is 0.617. The van der Waals surface area contributed by atoms with E-state index in [1.165, 1.54) is 11.1 Å². The van der Waals surface area contributed by atoms with Crippen molar-refractivity contribution in [1.82, 2.24) is 0 Å². The fraction of sp³-hybridized carbons (Fsp3) is 0.125. The lowest BCUT2D eigenvalue weighted by Gasteiger charge is -2.19. The maximum atomic E-state index is 6.18. The summed E-state index contributed by atoms with van der Waals surface area (Å²) >= 11 is 24.7. The van der Waals surface area contributed by atoms with Gasteiger partial charge in [0.15, 0.2) is 37.9 Å². The van der Waals surface area contributed by atoms with Gasteiger partial charge < -0.3 is 9.80 Å². The summed E-state index contributed by atoms with van der Waals surface area (Å²) in [6.45, 7) is 1.57. The van der Waals surface area contributed by atoms with Gasteiger partial charge in [0, 0.05) is 81.0 Å². The third-order valence-electron chi connectivity index (χ3n) is 6.74. The molecule has 0 aliphatic carbocycles. The topological polar surface area (TPSA) is 14.2 Å². The zero-order valence-electron chi connectivity index (χ0n) is 22.1. The van der Waals surface area contributed by atoms with Crippen LogP contribution < -0.4 is 18.9 Å². The Labute approximate surface area is 255 Å². The van der Waals surface area contributed by atoms with Crippen molar-refractivity contribution in [3.05, 3.63) is 141 Å². The number of pyridine rings is 2. The van der Waals surface area contributed by atoms with Gasteiger partial charge in [-0.05, 0) is 36.4 Å². The van der Waals surface area contributed by atoms with E-state index in [9.17, 15) is 0 Å². The summed E-state index contributed by atoms with van der Waals surface area (Å²) < 4.78 is 4.32. The summed E-state index contributed by atoms with van der Waals surface area (Å²) in [5.41, 5.74) is 6.45. The number of rotatable bonds is 8. The van der Waals surface area contributed by atoms with Gasteiger partial charge in [-0.2, -0.15) is 0 Å². The highest BCUT2D eigenvalue weighted by atomic mass is 35.5. The third-order valence-corrected chi connectivity index (χ3v) is 7.62. The third kappa shape index (κ3) is 7.07. The van der Waals surface area contributed by atoms with Gasteiger partial charge in [-0.25, -0.2) is 9.13 Å². The second-order valence-corrected chi connectivity index (χ2v) is 11.4. The van der Waals surface area contributed by atoms with Crippen molar-refractivity contribution in [1.29, 1.82) is 0 Å². The van der Waals surface area contributed by atoms with Gasteiger partial charge in [0.2, 0.25) is 0 Å². The lowest BCUT2D eigenvalue weighted by Crippen LogP contribution is -2.34. The van der Waals surface area contributed by atoms with Crippen molar-refractivity contribution < 1.29 is 9.13 Å². The Balaban J connectivity index is 1.19. The molecule has 5 rings (SSSR count). The van der Waals surface area contributed by atoms with E-state index in [1.54, 1.807) is 12.1 Å². The average Bonchev–Trinajstić information content (AvgIpc) is 2.93. The highest BCUT2D eigenvalue weighted by Gasteiger charge is 2.12. The molecule has 0 atom stereocenters. The van der Waals surface area contributed by atoms with Crippen molar-refractivity contribution in [3.8, 4) is 0 Å². The Morgan fingerprint density at radius 2 is 0.750 bits per heavy atom. The summed E-state index contributed by atoms with van der Waals surface area (Å²) in [7, 11) is 4.00. The van der Waals surface area contributed by atoms with Crippen LogP contribution in [0.15, 0.2) is 110 Å². The molecule has 2 aromatic heterocycles. The van der Waals surface area contributed by atoms with Crippen molar-refractivity contribution in [2.75, 3.05) is 23.9 Å². The van der Waals surface area contributed by atoms with Crippen LogP contribution in [0.2, 0.25) is 20.1 Å². The Morgan fingerprint density at radius 1 is 0.450 bits per heavy atom. The SMILES string of the molecule is CN(c1cc[n+](Cc2ccc(C[n+]3ccc(N(C)c4cc(Cl)cc(Cl)c4)cc3)cc2)cc1)c1cc(Cl)cc(Cl)c1. The predicted molar refractivity (Wildman–Crippen MR) is 167 cm³/mol. The van der Waals surface area contributed by atoms with Gasteiger partial charge in [-0.15, -0.1) is 0 Å². The molecule has 0 radical (unpaired) electrons. The fourth-order valence-electron chi connectivity index (χ4n) is 4.49. The highest BCUT2D eigenvalue weighted by molar-refractivity contribution is 6.35. The van der Waals surface area contributed by atoms with Crippen LogP contribution in [0, 0.1) is 0 Å². The zero-order chi connectivity index (χ0) is 28.2. The average molecular weight is 610 g/mol. The van der Waals surface area contributed by atoms with Gasteiger partial charge in [-0.1, -0.05) is 70.7 Å². The first-order chi connectivity index (χ1) is 19.2. The van der Waals surface area contributed by atoms with Crippen LogP contribution in [0.1, 0.15) is 11.1 Å². The van der Waals surface area contributed by atoms with Gasteiger partial charge in [0.05, 0.1) is 11.4 Å². The molecule has 2 heterocycles. The molecule has 0 aliphatic rings. The molecule has 4 nitrogen and oxygen atoms in total. The minimum Gasteiger partial charge on any atom is -0.344 e. The van der Waals surface area contributed by atoms with Crippen LogP contribution >= 0.6 is 46.4 Å². The number of hydrogen-bond donors (Lipinski definition) is 0. The highest BCUT2D eigenvalue weighted by Crippen LogP contribution is 2.30. The summed E-state index contributed by atoms with van der Waals surface area (Å²) in [4.78, 5) is 4.12. The van der Waals surface area contributed by atoms with E-state index in [-0.39, 0.29) is 0 Å². The summed E-state index contributed by atoms with van der Waals surface area (Å²) in [5.74, 6) is 0. The van der Waals surface area contributed by atoms with Crippen molar-refractivity contribution >= 4 is 69.2 Å². The normalized spacial score (nSPS) is 10.9. The van der Waals surface area contributed by atoms with E-state index in [4.69, 9.17) is 46.4 Å². The standard InChI is InChI=1S/C32H28Cl4N4/c1-37(31-17-25(33)15-26(34)18-31)29-7-11-39(12-8-29)21-23-3-5-24(6-4-23)22-40-13-9-30(10-14-40)38(2)32-19-27(35)16-28(36)20-32/h3-20H,21-22H2,1-2H3/q+2. The molecule has 0 saturated carbocycles. The van der Waals surface area contributed by atoms with Crippen LogP contribution in [0.4, 0.5) is 22.7 Å². The lowest BCUT2D eigenvalue weighted by molar-refractivity contribution is -0.688. The monoisotopic (exact) mass is 608 g/mol. The molecule has 0 unspecified atom stereocenters. The second-order valence-electron chi connectivity index (χ2n) is 9.65. The van der Waals surface area contributed by atoms with Gasteiger partial charge in [-0.3, -0.25) is 0 Å². The molecule has 0 spiro atoms. The molecule has 5 aromatic rings. The molecule has 0 aliphatic heterocycles. The van der Waals surface area contributed by atoms with E-state index in [2.05, 4.69) is 92.3 Å². The first-order valence-electron chi connectivity index (χ1n) is 12.7. The number of hydrogen-bond acceptors (Lipinski definition) is 2. The smallest absolute Gasteiger partial charge is 0.173 e. The van der Waals surface area contributed by atoms with E-state index < -0.39 is 0 Å². The molecule has 40 heavy (non-hydrogen) atoms. The quantitative estimate of drug-likeness (QED) is 0.164. The molecule has 0 N–H and O–H groups in total. The summed E-state index contributed by atoms with van der Waals surface area (Å²) in [5, 5.41) is 2.47. The Morgan fingerprint density at radius 3 is 1.05 bits per heavy atom. The fourth-order valence-corrected chi connectivity index (χ4v) is 5.52. The number of benzene rings is 3. The predicted octanol–water partition coefficient (Wildman–Crippen LogP) is 8.51. The number of nitrogens with zero attached hydrogens (tertiary/aromatic N) is 4. The van der Waals surface area contributed by atoms with Crippen LogP contribution in [-0.2, 0) is 13.1 Å². The molecule has 8 heteroatoms. The second kappa shape index (κ2) is 12.5. The molecule has 202 valence electrons. The minimum atomic E-state index is 0.617. The van der Waals surface area contributed by atoms with Gasteiger partial charge in [0.1, 0.15) is 0 Å².